The van der Waals surface area contributed by atoms with Gasteiger partial charge in [0.2, 0.25) is 0 Å². The lowest BCUT2D eigenvalue weighted by atomic mass is 9.35. The molecule has 3 saturated carbocycles. The Morgan fingerprint density at radius 2 is 1.53 bits per heavy atom. The van der Waals surface area contributed by atoms with Gasteiger partial charge in [-0.2, -0.15) is 0 Å². The van der Waals surface area contributed by atoms with Crippen LogP contribution in [0.25, 0.3) is 0 Å². The normalized spacial score (nSPS) is 51.8. The molecule has 7 aliphatic rings. The summed E-state index contributed by atoms with van der Waals surface area (Å²) >= 11 is 0. The maximum absolute atomic E-state index is 13.0. The van der Waals surface area contributed by atoms with Crippen LogP contribution < -0.4 is 0 Å². The quantitative estimate of drug-likeness (QED) is 0.196. The second-order valence-corrected chi connectivity index (χ2v) is 19.8. The molecule has 0 aromatic heterocycles. The van der Waals surface area contributed by atoms with Crippen LogP contribution in [0.1, 0.15) is 106 Å². The third kappa shape index (κ3) is 5.86. The van der Waals surface area contributed by atoms with Gasteiger partial charge in [0.15, 0.2) is 12.6 Å². The van der Waals surface area contributed by atoms with E-state index in [2.05, 4.69) is 60.6 Å². The smallest absolute Gasteiger partial charge is 0.313 e. The van der Waals surface area contributed by atoms with Crippen LogP contribution in [0.3, 0.4) is 0 Å². The van der Waals surface area contributed by atoms with E-state index in [9.17, 15) is 40.5 Å². The second kappa shape index (κ2) is 13.3. The standard InChI is InChI=1S/C41H64O12/c1-36(2)14-16-41(35(48)49)17-15-39(6)21(22(41)18-36)8-9-26-38(5)12-11-27(37(3,4)25(38)10-13-40(26,39)7)52-34-32(28(44)23(43)20-50-34)53-33-31(47)30(46)29(45)24(19-42)51-33/h8-9,23-34,42-47H,10-20H2,1-7H3,(H,48,49)/t23-,24+,25-,26+,27-,28-,29+,30-,31+,32+,33-,34-,38-,39+,40+,41-/m0/s1. The number of ether oxygens (including phenoxy) is 4. The largest absolute Gasteiger partial charge is 0.481 e. The molecule has 5 fully saturated rings. The summed E-state index contributed by atoms with van der Waals surface area (Å²) in [4.78, 5) is 13.0. The minimum absolute atomic E-state index is 0.0617. The molecular weight excluding hydrogens is 684 g/mol. The Balaban J connectivity index is 1.15. The van der Waals surface area contributed by atoms with Crippen LogP contribution in [0.2, 0.25) is 0 Å². The van der Waals surface area contributed by atoms with Crippen molar-refractivity contribution >= 4 is 5.97 Å². The molecule has 300 valence electrons. The lowest BCUT2D eigenvalue weighted by molar-refractivity contribution is -0.367. The molecule has 0 radical (unpaired) electrons. The van der Waals surface area contributed by atoms with Crippen LogP contribution in [0.15, 0.2) is 23.3 Å². The number of aliphatic hydroxyl groups is 6. The summed E-state index contributed by atoms with van der Waals surface area (Å²) in [6, 6.07) is 0. The van der Waals surface area contributed by atoms with Crippen LogP contribution >= 0.6 is 0 Å². The Morgan fingerprint density at radius 1 is 0.830 bits per heavy atom. The highest BCUT2D eigenvalue weighted by Gasteiger charge is 2.68. The van der Waals surface area contributed by atoms with Gasteiger partial charge in [-0.05, 0) is 108 Å². The number of hydrogen-bond acceptors (Lipinski definition) is 11. The number of aliphatic hydroxyl groups excluding tert-OH is 6. The highest BCUT2D eigenvalue weighted by atomic mass is 16.8. The fourth-order valence-corrected chi connectivity index (χ4v) is 12.7. The van der Waals surface area contributed by atoms with Crippen LogP contribution in [0, 0.1) is 44.3 Å². The number of allylic oxidation sites excluding steroid dienone is 3. The first-order chi connectivity index (χ1) is 24.7. The van der Waals surface area contributed by atoms with E-state index in [1.807, 2.05) is 0 Å². The molecule has 12 nitrogen and oxygen atoms in total. The van der Waals surface area contributed by atoms with Crippen LogP contribution in [0.5, 0.6) is 0 Å². The minimum Gasteiger partial charge on any atom is -0.481 e. The van der Waals surface area contributed by atoms with E-state index in [0.29, 0.717) is 19.3 Å². The molecule has 0 spiro atoms. The summed E-state index contributed by atoms with van der Waals surface area (Å²) in [6.07, 6.45) is -0.946. The van der Waals surface area contributed by atoms with E-state index in [1.54, 1.807) is 0 Å². The van der Waals surface area contributed by atoms with Gasteiger partial charge in [-0.25, -0.2) is 0 Å². The summed E-state index contributed by atoms with van der Waals surface area (Å²) < 4.78 is 24.2. The third-order valence-corrected chi connectivity index (χ3v) is 16.2. The summed E-state index contributed by atoms with van der Waals surface area (Å²) in [7, 11) is 0. The average molecular weight is 749 g/mol. The molecule has 7 rings (SSSR count). The zero-order chi connectivity index (χ0) is 38.7. The van der Waals surface area contributed by atoms with Gasteiger partial charge in [-0.1, -0.05) is 60.6 Å². The van der Waals surface area contributed by atoms with Crippen LogP contribution in [-0.2, 0) is 23.7 Å². The molecule has 2 saturated heterocycles. The van der Waals surface area contributed by atoms with E-state index in [0.717, 1.165) is 44.1 Å². The predicted octanol–water partition coefficient (Wildman–Crippen LogP) is 3.44. The van der Waals surface area contributed by atoms with Gasteiger partial charge in [0, 0.05) is 0 Å². The van der Waals surface area contributed by atoms with Gasteiger partial charge >= 0.3 is 5.97 Å². The van der Waals surface area contributed by atoms with Crippen molar-refractivity contribution in [1.29, 1.82) is 0 Å². The summed E-state index contributed by atoms with van der Waals surface area (Å²) in [5, 5.41) is 73.3. The van der Waals surface area contributed by atoms with Gasteiger partial charge in [0.05, 0.1) is 24.7 Å². The van der Waals surface area contributed by atoms with Crippen molar-refractivity contribution in [2.24, 2.45) is 44.3 Å². The fourth-order valence-electron chi connectivity index (χ4n) is 12.7. The van der Waals surface area contributed by atoms with Crippen molar-refractivity contribution in [2.45, 2.75) is 168 Å². The average Bonchev–Trinajstić information content (AvgIpc) is 3.08. The minimum atomic E-state index is -1.70. The first-order valence-corrected chi connectivity index (χ1v) is 19.9. The van der Waals surface area contributed by atoms with E-state index in [-0.39, 0.29) is 51.6 Å². The molecule has 0 unspecified atom stereocenters. The fraction of sp³-hybridized carbons (Fsp3) is 0.878. The van der Waals surface area contributed by atoms with E-state index in [1.165, 1.54) is 5.57 Å². The SMILES string of the molecule is CC1(C)CC[C@]2(C(=O)O)CC[C@]3(C)C(=C2C1)C=C[C@@H]1[C@@]2(C)CC[C@H](O[C@@H]4OC[C@H](O)[C@H](O)[C@H]4O[C@@H]4O[C@H](CO)[C@@H](O)[C@H](O)[C@H]4O)C(C)(C)[C@@H]2CC[C@]13C. The molecule has 0 amide bonds. The predicted molar refractivity (Wildman–Crippen MR) is 192 cm³/mol. The highest BCUT2D eigenvalue weighted by molar-refractivity contribution is 5.80. The highest BCUT2D eigenvalue weighted by Crippen LogP contribution is 2.74. The van der Waals surface area contributed by atoms with Gasteiger partial charge in [0.1, 0.15) is 42.7 Å². The molecule has 2 heterocycles. The van der Waals surface area contributed by atoms with Crippen molar-refractivity contribution in [3.63, 3.8) is 0 Å². The lowest BCUT2D eigenvalue weighted by Crippen LogP contribution is -2.65. The number of hydrogen-bond donors (Lipinski definition) is 7. The van der Waals surface area contributed by atoms with Gasteiger partial charge in [0.25, 0.3) is 0 Å². The molecule has 16 atom stereocenters. The number of carboxylic acids is 1. The molecule has 7 N–H and O–H groups in total. The summed E-state index contributed by atoms with van der Waals surface area (Å²) in [5.74, 6) is -0.144. The summed E-state index contributed by atoms with van der Waals surface area (Å²) in [6.45, 7) is 15.5. The monoisotopic (exact) mass is 748 g/mol. The molecule has 12 heteroatoms. The first-order valence-electron chi connectivity index (χ1n) is 19.9. The Morgan fingerprint density at radius 3 is 2.21 bits per heavy atom. The van der Waals surface area contributed by atoms with Crippen molar-refractivity contribution in [3.05, 3.63) is 23.3 Å². The molecule has 2 aliphatic heterocycles. The zero-order valence-corrected chi connectivity index (χ0v) is 32.5. The number of aliphatic carboxylic acids is 1. The maximum Gasteiger partial charge on any atom is 0.313 e. The van der Waals surface area contributed by atoms with E-state index in [4.69, 9.17) is 18.9 Å². The maximum atomic E-state index is 13.0. The Labute approximate surface area is 313 Å². The van der Waals surface area contributed by atoms with Crippen molar-refractivity contribution in [1.82, 2.24) is 0 Å². The second-order valence-electron chi connectivity index (χ2n) is 19.8. The van der Waals surface area contributed by atoms with Gasteiger partial charge in [-0.15, -0.1) is 0 Å². The molecule has 5 aliphatic carbocycles. The molecule has 0 bridgehead atoms. The van der Waals surface area contributed by atoms with Crippen molar-refractivity contribution in [3.8, 4) is 0 Å². The van der Waals surface area contributed by atoms with Crippen molar-refractivity contribution in [2.75, 3.05) is 13.2 Å². The Bertz CT molecular complexity index is 1490. The lowest BCUT2D eigenvalue weighted by Gasteiger charge is -2.69. The number of fused-ring (bicyclic) bond motifs is 6. The molecule has 53 heavy (non-hydrogen) atoms. The Hall–Kier alpha value is -1.45. The zero-order valence-electron chi connectivity index (χ0n) is 32.5. The summed E-state index contributed by atoms with van der Waals surface area (Å²) in [5.41, 5.74) is 1.08. The number of carbonyl (C=O) groups is 1. The number of carboxylic acid groups (broad SMARTS) is 1. The molecule has 0 aromatic carbocycles. The molecular formula is C41H64O12. The van der Waals surface area contributed by atoms with E-state index < -0.39 is 73.3 Å². The third-order valence-electron chi connectivity index (χ3n) is 16.2. The first kappa shape index (κ1) is 39.8. The van der Waals surface area contributed by atoms with Crippen LogP contribution in [0.4, 0.5) is 0 Å². The Kier molecular flexibility index (Phi) is 9.99. The molecule has 0 aromatic rings. The topological polar surface area (TPSA) is 196 Å². The van der Waals surface area contributed by atoms with Crippen LogP contribution in [-0.4, -0.2) is 116 Å². The van der Waals surface area contributed by atoms with Gasteiger partial charge < -0.3 is 54.7 Å². The van der Waals surface area contributed by atoms with E-state index >= 15 is 0 Å². The van der Waals surface area contributed by atoms with Crippen molar-refractivity contribution < 1.29 is 59.5 Å². The number of rotatable bonds is 6. The van der Waals surface area contributed by atoms with Gasteiger partial charge in [-0.3, -0.25) is 4.79 Å².